The SMILES string of the molecule is O=c1c2ccccc2nc2n(-c3ccc4c(c3)c3cc(-c5ccccc5)ccc3n4-c3ccccc3)c3ccccc3n12. The first kappa shape index (κ1) is 23.7. The highest BCUT2D eigenvalue weighted by molar-refractivity contribution is 6.11. The zero-order chi connectivity index (χ0) is 28.5. The van der Waals surface area contributed by atoms with Gasteiger partial charge in [-0.2, -0.15) is 0 Å². The zero-order valence-electron chi connectivity index (χ0n) is 23.1. The van der Waals surface area contributed by atoms with Crippen molar-refractivity contribution in [2.45, 2.75) is 0 Å². The minimum Gasteiger partial charge on any atom is -0.309 e. The van der Waals surface area contributed by atoms with Crippen LogP contribution in [0.2, 0.25) is 0 Å². The van der Waals surface area contributed by atoms with Crippen LogP contribution in [-0.4, -0.2) is 18.5 Å². The molecule has 0 N–H and O–H groups in total. The molecule has 0 aliphatic rings. The number of hydrogen-bond donors (Lipinski definition) is 0. The Morgan fingerprint density at radius 3 is 1.91 bits per heavy atom. The van der Waals surface area contributed by atoms with E-state index in [1.807, 2.05) is 54.6 Å². The third kappa shape index (κ3) is 3.45. The molecule has 202 valence electrons. The maximum absolute atomic E-state index is 13.8. The molecule has 5 heteroatoms. The standard InChI is InChI=1S/C38H24N4O/c43-37-29-15-7-8-16-32(29)39-38-41(35-17-9-10-18-36(35)42(37)38)28-20-22-34-31(24-28)30-23-26(25-11-3-1-4-12-25)19-21-33(30)40(34)27-13-5-2-6-14-27/h1-24H. The average Bonchev–Trinajstić information content (AvgIpc) is 3.57. The van der Waals surface area contributed by atoms with Crippen LogP contribution in [0.1, 0.15) is 0 Å². The van der Waals surface area contributed by atoms with Gasteiger partial charge in [-0.25, -0.2) is 9.38 Å². The Morgan fingerprint density at radius 2 is 1.09 bits per heavy atom. The van der Waals surface area contributed by atoms with Gasteiger partial charge in [-0.1, -0.05) is 78.9 Å². The van der Waals surface area contributed by atoms with Crippen LogP contribution in [0.25, 0.3) is 72.0 Å². The van der Waals surface area contributed by atoms with Gasteiger partial charge in [-0.05, 0) is 77.9 Å². The second-order valence-electron chi connectivity index (χ2n) is 10.9. The zero-order valence-corrected chi connectivity index (χ0v) is 23.1. The second-order valence-corrected chi connectivity index (χ2v) is 10.9. The van der Waals surface area contributed by atoms with E-state index in [9.17, 15) is 4.79 Å². The summed E-state index contributed by atoms with van der Waals surface area (Å²) >= 11 is 0. The van der Waals surface area contributed by atoms with Crippen molar-refractivity contribution in [3.05, 3.63) is 156 Å². The van der Waals surface area contributed by atoms with Gasteiger partial charge in [0, 0.05) is 22.1 Å². The summed E-state index contributed by atoms with van der Waals surface area (Å²) in [4.78, 5) is 18.8. The molecule has 0 unspecified atom stereocenters. The van der Waals surface area contributed by atoms with Gasteiger partial charge in [-0.15, -0.1) is 0 Å². The highest BCUT2D eigenvalue weighted by Crippen LogP contribution is 2.37. The van der Waals surface area contributed by atoms with E-state index in [1.165, 1.54) is 16.5 Å². The molecule has 9 aromatic rings. The van der Waals surface area contributed by atoms with E-state index in [-0.39, 0.29) is 5.56 Å². The molecule has 0 radical (unpaired) electrons. The number of benzene rings is 6. The molecule has 3 aromatic heterocycles. The molecule has 0 aliphatic heterocycles. The third-order valence-electron chi connectivity index (χ3n) is 8.45. The summed E-state index contributed by atoms with van der Waals surface area (Å²) in [5.74, 6) is 0.598. The van der Waals surface area contributed by atoms with E-state index in [4.69, 9.17) is 4.98 Å². The number of para-hydroxylation sites is 4. The lowest BCUT2D eigenvalue weighted by Crippen LogP contribution is -2.15. The van der Waals surface area contributed by atoms with Crippen molar-refractivity contribution in [3.63, 3.8) is 0 Å². The molecule has 0 saturated carbocycles. The topological polar surface area (TPSA) is 44.2 Å². The molecule has 0 amide bonds. The maximum Gasteiger partial charge on any atom is 0.267 e. The van der Waals surface area contributed by atoms with Crippen molar-refractivity contribution in [1.82, 2.24) is 18.5 Å². The number of nitrogens with zero attached hydrogens (tertiary/aromatic N) is 4. The minimum absolute atomic E-state index is 0.0650. The molecule has 3 heterocycles. The van der Waals surface area contributed by atoms with Crippen LogP contribution in [-0.2, 0) is 0 Å². The van der Waals surface area contributed by atoms with Gasteiger partial charge in [-0.3, -0.25) is 9.36 Å². The lowest BCUT2D eigenvalue weighted by molar-refractivity contribution is 1.05. The molecule has 5 nitrogen and oxygen atoms in total. The van der Waals surface area contributed by atoms with Gasteiger partial charge in [0.1, 0.15) is 0 Å². The molecule has 0 atom stereocenters. The summed E-state index contributed by atoms with van der Waals surface area (Å²) in [6.07, 6.45) is 0. The molecule has 0 bridgehead atoms. The van der Waals surface area contributed by atoms with Gasteiger partial charge < -0.3 is 4.57 Å². The Balaban J connectivity index is 1.39. The van der Waals surface area contributed by atoms with E-state index in [1.54, 1.807) is 4.40 Å². The van der Waals surface area contributed by atoms with E-state index in [0.29, 0.717) is 16.7 Å². The Bertz CT molecular complexity index is 2570. The molecule has 0 saturated heterocycles. The van der Waals surface area contributed by atoms with Crippen LogP contribution in [0.4, 0.5) is 0 Å². The van der Waals surface area contributed by atoms with Crippen LogP contribution >= 0.6 is 0 Å². The molecule has 6 aromatic carbocycles. The summed E-state index contributed by atoms with van der Waals surface area (Å²) in [5.41, 5.74) is 9.05. The van der Waals surface area contributed by atoms with Crippen molar-refractivity contribution in [1.29, 1.82) is 0 Å². The largest absolute Gasteiger partial charge is 0.309 e. The van der Waals surface area contributed by atoms with Crippen LogP contribution in [0, 0.1) is 0 Å². The summed E-state index contributed by atoms with van der Waals surface area (Å²) < 4.78 is 6.17. The minimum atomic E-state index is -0.0650. The quantitative estimate of drug-likeness (QED) is 0.220. The fraction of sp³-hybridized carbons (Fsp3) is 0. The highest BCUT2D eigenvalue weighted by atomic mass is 16.1. The van der Waals surface area contributed by atoms with Crippen molar-refractivity contribution >= 4 is 49.5 Å². The van der Waals surface area contributed by atoms with E-state index in [2.05, 4.69) is 100 Å². The molecule has 0 fully saturated rings. The molecule has 43 heavy (non-hydrogen) atoms. The van der Waals surface area contributed by atoms with Crippen LogP contribution in [0.15, 0.2) is 150 Å². The first-order chi connectivity index (χ1) is 21.3. The number of imidazole rings is 1. The van der Waals surface area contributed by atoms with Crippen LogP contribution in [0.3, 0.4) is 0 Å². The van der Waals surface area contributed by atoms with Crippen LogP contribution < -0.4 is 5.56 Å². The van der Waals surface area contributed by atoms with Gasteiger partial charge in [0.15, 0.2) is 0 Å². The Kier molecular flexibility index (Phi) is 4.98. The number of aromatic nitrogens is 4. The predicted molar refractivity (Wildman–Crippen MR) is 176 cm³/mol. The van der Waals surface area contributed by atoms with Crippen LogP contribution in [0.5, 0.6) is 0 Å². The monoisotopic (exact) mass is 552 g/mol. The first-order valence-electron chi connectivity index (χ1n) is 14.4. The van der Waals surface area contributed by atoms with Crippen molar-refractivity contribution in [3.8, 4) is 22.5 Å². The van der Waals surface area contributed by atoms with Gasteiger partial charge in [0.25, 0.3) is 5.56 Å². The molecule has 0 spiro atoms. The van der Waals surface area contributed by atoms with E-state index in [0.717, 1.165) is 38.8 Å². The van der Waals surface area contributed by atoms with E-state index < -0.39 is 0 Å². The smallest absolute Gasteiger partial charge is 0.267 e. The van der Waals surface area contributed by atoms with E-state index >= 15 is 0 Å². The Morgan fingerprint density at radius 1 is 0.442 bits per heavy atom. The fourth-order valence-electron chi connectivity index (χ4n) is 6.51. The van der Waals surface area contributed by atoms with Crippen molar-refractivity contribution in [2.24, 2.45) is 0 Å². The lowest BCUT2D eigenvalue weighted by atomic mass is 10.0. The summed E-state index contributed by atoms with van der Waals surface area (Å²) in [6, 6.07) is 49.8. The highest BCUT2D eigenvalue weighted by Gasteiger charge is 2.19. The summed E-state index contributed by atoms with van der Waals surface area (Å²) in [6.45, 7) is 0. The number of fused-ring (bicyclic) bond motifs is 7. The lowest BCUT2D eigenvalue weighted by Gasteiger charge is -2.09. The number of rotatable bonds is 3. The Labute approximate surface area is 246 Å². The van der Waals surface area contributed by atoms with Gasteiger partial charge in [0.05, 0.1) is 33.0 Å². The van der Waals surface area contributed by atoms with Crippen molar-refractivity contribution in [2.75, 3.05) is 0 Å². The maximum atomic E-state index is 13.8. The normalized spacial score (nSPS) is 11.8. The average molecular weight is 553 g/mol. The second kappa shape index (κ2) is 9.03. The van der Waals surface area contributed by atoms with Gasteiger partial charge in [0.2, 0.25) is 5.78 Å². The van der Waals surface area contributed by atoms with Crippen molar-refractivity contribution < 1.29 is 0 Å². The van der Waals surface area contributed by atoms with Gasteiger partial charge >= 0.3 is 0 Å². The number of hydrogen-bond acceptors (Lipinski definition) is 2. The fourth-order valence-corrected chi connectivity index (χ4v) is 6.51. The Hall–Kier alpha value is -5.94. The first-order valence-corrected chi connectivity index (χ1v) is 14.4. The molecule has 0 aliphatic carbocycles. The summed E-state index contributed by atoms with van der Waals surface area (Å²) in [5, 5.41) is 2.91. The molecular weight excluding hydrogens is 528 g/mol. The predicted octanol–water partition coefficient (Wildman–Crippen LogP) is 8.56. The molecular formula is C38H24N4O. The third-order valence-corrected chi connectivity index (χ3v) is 8.45. The summed E-state index contributed by atoms with van der Waals surface area (Å²) in [7, 11) is 0. The molecule has 9 rings (SSSR count).